The molecule has 3 heteroatoms. The van der Waals surface area contributed by atoms with Gasteiger partial charge in [-0.3, -0.25) is 0 Å². The minimum Gasteiger partial charge on any atom is -0.496 e. The molecule has 0 radical (unpaired) electrons. The van der Waals surface area contributed by atoms with Crippen LogP contribution in [0.15, 0.2) is 18.2 Å². The van der Waals surface area contributed by atoms with Crippen molar-refractivity contribution in [2.75, 3.05) is 20.2 Å². The van der Waals surface area contributed by atoms with Crippen molar-refractivity contribution in [3.63, 3.8) is 0 Å². The van der Waals surface area contributed by atoms with Gasteiger partial charge < -0.3 is 15.2 Å². The van der Waals surface area contributed by atoms with Gasteiger partial charge in [-0.1, -0.05) is 13.0 Å². The smallest absolute Gasteiger partial charge is 0.124 e. The summed E-state index contributed by atoms with van der Waals surface area (Å²) in [6.45, 7) is 4.12. The van der Waals surface area contributed by atoms with Gasteiger partial charge in [-0.05, 0) is 56.0 Å². The number of benzene rings is 1. The summed E-state index contributed by atoms with van der Waals surface area (Å²) in [6, 6.07) is 6.13. The van der Waals surface area contributed by atoms with Crippen LogP contribution in [0.2, 0.25) is 0 Å². The normalized spacial score (nSPS) is 18.6. The Kier molecular flexibility index (Phi) is 4.61. The molecule has 1 saturated heterocycles. The molecule has 0 aromatic heterocycles. The first-order valence-corrected chi connectivity index (χ1v) is 6.81. The van der Waals surface area contributed by atoms with Crippen molar-refractivity contribution in [3.05, 3.63) is 29.3 Å². The van der Waals surface area contributed by atoms with Crippen LogP contribution < -0.4 is 10.1 Å². The fraction of sp³-hybridized carbons (Fsp3) is 0.600. The zero-order valence-electron chi connectivity index (χ0n) is 11.3. The monoisotopic (exact) mass is 249 g/mol. The van der Waals surface area contributed by atoms with Crippen LogP contribution in [0.1, 0.15) is 37.0 Å². The molecule has 1 aromatic rings. The highest BCUT2D eigenvalue weighted by Crippen LogP contribution is 2.34. The van der Waals surface area contributed by atoms with Gasteiger partial charge in [-0.15, -0.1) is 0 Å². The second kappa shape index (κ2) is 6.21. The van der Waals surface area contributed by atoms with Gasteiger partial charge in [0.1, 0.15) is 5.75 Å². The van der Waals surface area contributed by atoms with E-state index in [2.05, 4.69) is 24.4 Å². The lowest BCUT2D eigenvalue weighted by atomic mass is 9.87. The van der Waals surface area contributed by atoms with Gasteiger partial charge in [0.05, 0.1) is 13.2 Å². The maximum Gasteiger partial charge on any atom is 0.124 e. The molecule has 1 aliphatic rings. The summed E-state index contributed by atoms with van der Waals surface area (Å²) in [7, 11) is 1.67. The molecular weight excluding hydrogens is 226 g/mol. The molecule has 3 nitrogen and oxygen atoms in total. The molecule has 1 atom stereocenters. The van der Waals surface area contributed by atoms with Gasteiger partial charge in [0.25, 0.3) is 0 Å². The fourth-order valence-corrected chi connectivity index (χ4v) is 2.65. The summed E-state index contributed by atoms with van der Waals surface area (Å²) in [6.07, 6.45) is 2.63. The SMILES string of the molecule is CCc1ccc(OC)c(C(O)C2CCNCC2)c1. The lowest BCUT2D eigenvalue weighted by Gasteiger charge is -2.28. The number of piperidine rings is 1. The van der Waals surface area contributed by atoms with Crippen molar-refractivity contribution < 1.29 is 9.84 Å². The Hall–Kier alpha value is -1.06. The summed E-state index contributed by atoms with van der Waals surface area (Å²) in [4.78, 5) is 0. The number of aliphatic hydroxyl groups excluding tert-OH is 1. The molecule has 2 rings (SSSR count). The van der Waals surface area contributed by atoms with Gasteiger partial charge in [0.2, 0.25) is 0 Å². The minimum atomic E-state index is -0.409. The summed E-state index contributed by atoms with van der Waals surface area (Å²) in [5, 5.41) is 13.9. The van der Waals surface area contributed by atoms with Crippen molar-refractivity contribution in [2.24, 2.45) is 5.92 Å². The molecule has 100 valence electrons. The number of hydrogen-bond acceptors (Lipinski definition) is 3. The van der Waals surface area contributed by atoms with E-state index in [4.69, 9.17) is 4.74 Å². The average molecular weight is 249 g/mol. The van der Waals surface area contributed by atoms with Crippen LogP contribution in [0.25, 0.3) is 0 Å². The van der Waals surface area contributed by atoms with E-state index < -0.39 is 6.10 Å². The van der Waals surface area contributed by atoms with E-state index in [1.165, 1.54) is 5.56 Å². The number of ether oxygens (including phenoxy) is 1. The van der Waals surface area contributed by atoms with E-state index in [-0.39, 0.29) is 0 Å². The Morgan fingerprint density at radius 3 is 2.72 bits per heavy atom. The van der Waals surface area contributed by atoms with Crippen molar-refractivity contribution in [2.45, 2.75) is 32.3 Å². The number of hydrogen-bond donors (Lipinski definition) is 2. The molecule has 0 bridgehead atoms. The number of rotatable bonds is 4. The van der Waals surface area contributed by atoms with E-state index in [0.717, 1.165) is 43.7 Å². The first-order valence-electron chi connectivity index (χ1n) is 6.81. The third kappa shape index (κ3) is 2.85. The van der Waals surface area contributed by atoms with E-state index in [0.29, 0.717) is 5.92 Å². The van der Waals surface area contributed by atoms with E-state index in [1.807, 2.05) is 6.07 Å². The quantitative estimate of drug-likeness (QED) is 0.860. The molecule has 0 aliphatic carbocycles. The highest BCUT2D eigenvalue weighted by molar-refractivity contribution is 5.39. The second-order valence-corrected chi connectivity index (χ2v) is 4.96. The van der Waals surface area contributed by atoms with Gasteiger partial charge in [-0.2, -0.15) is 0 Å². The van der Waals surface area contributed by atoms with Crippen molar-refractivity contribution in [1.29, 1.82) is 0 Å². The Bertz CT molecular complexity index is 386. The first-order chi connectivity index (χ1) is 8.76. The van der Waals surface area contributed by atoms with Gasteiger partial charge in [0.15, 0.2) is 0 Å². The molecule has 18 heavy (non-hydrogen) atoms. The topological polar surface area (TPSA) is 41.5 Å². The maximum atomic E-state index is 10.6. The Morgan fingerprint density at radius 2 is 2.11 bits per heavy atom. The van der Waals surface area contributed by atoms with E-state index >= 15 is 0 Å². The molecule has 1 aromatic carbocycles. The molecule has 0 amide bonds. The lowest BCUT2D eigenvalue weighted by molar-refractivity contribution is 0.0864. The van der Waals surface area contributed by atoms with Crippen LogP contribution in [0, 0.1) is 5.92 Å². The predicted octanol–water partition coefficient (Wildman–Crippen LogP) is 2.29. The van der Waals surface area contributed by atoms with Gasteiger partial charge in [-0.25, -0.2) is 0 Å². The molecular formula is C15H23NO2. The summed E-state index contributed by atoms with van der Waals surface area (Å²) in [5.74, 6) is 1.14. The van der Waals surface area contributed by atoms with E-state index in [1.54, 1.807) is 7.11 Å². The van der Waals surface area contributed by atoms with Crippen LogP contribution in [0.5, 0.6) is 5.75 Å². The molecule has 1 fully saturated rings. The Balaban J connectivity index is 2.23. The summed E-state index contributed by atoms with van der Waals surface area (Å²) in [5.41, 5.74) is 2.20. The molecule has 1 unspecified atom stereocenters. The van der Waals surface area contributed by atoms with Gasteiger partial charge in [0, 0.05) is 5.56 Å². The summed E-state index contributed by atoms with van der Waals surface area (Å²) >= 11 is 0. The van der Waals surface area contributed by atoms with Crippen LogP contribution in [-0.2, 0) is 6.42 Å². The maximum absolute atomic E-state index is 10.6. The molecule has 0 saturated carbocycles. The zero-order chi connectivity index (χ0) is 13.0. The Morgan fingerprint density at radius 1 is 1.39 bits per heavy atom. The first kappa shape index (κ1) is 13.4. The van der Waals surface area contributed by atoms with Crippen molar-refractivity contribution in [1.82, 2.24) is 5.32 Å². The van der Waals surface area contributed by atoms with Crippen LogP contribution in [0.4, 0.5) is 0 Å². The molecule has 2 N–H and O–H groups in total. The van der Waals surface area contributed by atoms with Crippen LogP contribution in [-0.4, -0.2) is 25.3 Å². The van der Waals surface area contributed by atoms with E-state index in [9.17, 15) is 5.11 Å². The highest BCUT2D eigenvalue weighted by Gasteiger charge is 2.25. The standard InChI is InChI=1S/C15H23NO2/c1-3-11-4-5-14(18-2)13(10-11)15(17)12-6-8-16-9-7-12/h4-5,10,12,15-17H,3,6-9H2,1-2H3. The third-order valence-corrected chi connectivity index (χ3v) is 3.85. The second-order valence-electron chi connectivity index (χ2n) is 4.96. The average Bonchev–Trinajstić information content (AvgIpc) is 2.46. The van der Waals surface area contributed by atoms with Crippen LogP contribution in [0.3, 0.4) is 0 Å². The third-order valence-electron chi connectivity index (χ3n) is 3.85. The Labute approximate surface area is 109 Å². The van der Waals surface area contributed by atoms with Crippen molar-refractivity contribution >= 4 is 0 Å². The number of nitrogens with one attached hydrogen (secondary N) is 1. The molecule has 0 spiro atoms. The zero-order valence-corrected chi connectivity index (χ0v) is 11.3. The predicted molar refractivity (Wildman–Crippen MR) is 72.9 cm³/mol. The number of aliphatic hydroxyl groups is 1. The number of methoxy groups -OCH3 is 1. The van der Waals surface area contributed by atoms with Crippen molar-refractivity contribution in [3.8, 4) is 5.75 Å². The molecule has 1 aliphatic heterocycles. The fourth-order valence-electron chi connectivity index (χ4n) is 2.65. The summed E-state index contributed by atoms with van der Waals surface area (Å²) < 4.78 is 5.38. The van der Waals surface area contributed by atoms with Crippen LogP contribution >= 0.6 is 0 Å². The lowest BCUT2D eigenvalue weighted by Crippen LogP contribution is -2.31. The molecule has 1 heterocycles. The highest BCUT2D eigenvalue weighted by atomic mass is 16.5. The minimum absolute atomic E-state index is 0.340. The largest absolute Gasteiger partial charge is 0.496 e. The number of aryl methyl sites for hydroxylation is 1. The van der Waals surface area contributed by atoms with Gasteiger partial charge >= 0.3 is 0 Å².